The van der Waals surface area contributed by atoms with E-state index in [2.05, 4.69) is 33.1 Å². The monoisotopic (exact) mass is 377 g/mol. The number of halogens is 1. The van der Waals surface area contributed by atoms with E-state index in [0.717, 1.165) is 55.0 Å². The van der Waals surface area contributed by atoms with Gasteiger partial charge in [-0.05, 0) is 49.7 Å². The van der Waals surface area contributed by atoms with Gasteiger partial charge < -0.3 is 15.1 Å². The van der Waals surface area contributed by atoms with E-state index in [4.69, 9.17) is 4.98 Å². The summed E-state index contributed by atoms with van der Waals surface area (Å²) in [5.74, 6) is 1.34. The number of rotatable bonds is 4. The lowest BCUT2D eigenvalue weighted by molar-refractivity contribution is 0.623. The van der Waals surface area contributed by atoms with Crippen LogP contribution in [0.15, 0.2) is 54.6 Å². The van der Waals surface area contributed by atoms with Gasteiger partial charge in [0.1, 0.15) is 11.6 Å². The quantitative estimate of drug-likeness (QED) is 0.734. The van der Waals surface area contributed by atoms with Gasteiger partial charge in [0.15, 0.2) is 0 Å². The van der Waals surface area contributed by atoms with Crippen molar-refractivity contribution in [1.82, 2.24) is 9.97 Å². The summed E-state index contributed by atoms with van der Waals surface area (Å²) in [5, 5.41) is 3.41. The minimum Gasteiger partial charge on any atom is -0.368 e. The summed E-state index contributed by atoms with van der Waals surface area (Å²) in [7, 11) is 0. The molecule has 28 heavy (non-hydrogen) atoms. The zero-order chi connectivity index (χ0) is 19.5. The Morgan fingerprint density at radius 3 is 2.25 bits per heavy atom. The molecule has 1 N–H and O–H groups in total. The lowest BCUT2D eigenvalue weighted by atomic mass is 10.2. The van der Waals surface area contributed by atoms with Crippen LogP contribution in [0.4, 0.5) is 27.5 Å². The van der Waals surface area contributed by atoms with Crippen molar-refractivity contribution in [2.24, 2.45) is 0 Å². The summed E-state index contributed by atoms with van der Waals surface area (Å²) >= 11 is 0. The van der Waals surface area contributed by atoms with Crippen LogP contribution >= 0.6 is 0 Å². The second-order valence-corrected chi connectivity index (χ2v) is 7.09. The van der Waals surface area contributed by atoms with E-state index in [-0.39, 0.29) is 5.82 Å². The Morgan fingerprint density at radius 2 is 1.54 bits per heavy atom. The van der Waals surface area contributed by atoms with E-state index in [1.807, 2.05) is 43.3 Å². The molecule has 144 valence electrons. The number of aromatic nitrogens is 2. The minimum absolute atomic E-state index is 0.204. The molecule has 1 saturated heterocycles. The van der Waals surface area contributed by atoms with Crippen LogP contribution in [0.2, 0.25) is 0 Å². The molecule has 1 aliphatic rings. The third-order valence-corrected chi connectivity index (χ3v) is 5.00. The average molecular weight is 377 g/mol. The number of hydrogen-bond acceptors (Lipinski definition) is 5. The zero-order valence-corrected chi connectivity index (χ0v) is 16.2. The van der Waals surface area contributed by atoms with Gasteiger partial charge in [-0.1, -0.05) is 18.2 Å². The van der Waals surface area contributed by atoms with Crippen molar-refractivity contribution in [2.45, 2.75) is 13.8 Å². The number of nitrogens with one attached hydrogen (secondary N) is 1. The van der Waals surface area contributed by atoms with Gasteiger partial charge in [0.05, 0.1) is 0 Å². The molecule has 1 aliphatic heterocycles. The largest absolute Gasteiger partial charge is 0.368 e. The Labute approximate surface area is 164 Å². The Kier molecular flexibility index (Phi) is 5.10. The highest BCUT2D eigenvalue weighted by molar-refractivity contribution is 5.61. The summed E-state index contributed by atoms with van der Waals surface area (Å²) < 4.78 is 13.1. The molecule has 0 unspecified atom stereocenters. The maximum atomic E-state index is 13.1. The van der Waals surface area contributed by atoms with E-state index in [1.54, 1.807) is 0 Å². The van der Waals surface area contributed by atoms with Crippen molar-refractivity contribution in [3.8, 4) is 0 Å². The molecule has 2 aromatic carbocycles. The molecule has 1 aromatic heterocycles. The number of aryl methyl sites for hydroxylation is 2. The van der Waals surface area contributed by atoms with E-state index in [1.165, 1.54) is 17.7 Å². The smallest absolute Gasteiger partial charge is 0.227 e. The van der Waals surface area contributed by atoms with Crippen LogP contribution in [0.1, 0.15) is 11.3 Å². The van der Waals surface area contributed by atoms with Crippen LogP contribution in [0, 0.1) is 19.7 Å². The molecular formula is C22H24FN5. The number of hydrogen-bond donors (Lipinski definition) is 1. The van der Waals surface area contributed by atoms with Crippen LogP contribution in [0.5, 0.6) is 0 Å². The number of piperazine rings is 1. The topological polar surface area (TPSA) is 44.3 Å². The molecule has 0 aliphatic carbocycles. The molecule has 6 heteroatoms. The van der Waals surface area contributed by atoms with E-state index in [9.17, 15) is 4.39 Å². The highest BCUT2D eigenvalue weighted by Gasteiger charge is 2.20. The van der Waals surface area contributed by atoms with Crippen molar-refractivity contribution in [1.29, 1.82) is 0 Å². The molecule has 0 bridgehead atoms. The highest BCUT2D eigenvalue weighted by Crippen LogP contribution is 2.23. The number of nitrogens with zero attached hydrogens (tertiary/aromatic N) is 4. The molecule has 0 amide bonds. The van der Waals surface area contributed by atoms with Gasteiger partial charge in [-0.3, -0.25) is 0 Å². The van der Waals surface area contributed by atoms with Crippen LogP contribution in [-0.2, 0) is 0 Å². The average Bonchev–Trinajstić information content (AvgIpc) is 2.70. The summed E-state index contributed by atoms with van der Waals surface area (Å²) in [6, 6.07) is 16.8. The maximum absolute atomic E-state index is 13.1. The standard InChI is InChI=1S/C22H24FN5/c1-16-5-3-4-6-20(16)25-21-15-17(2)24-22(26-21)28-13-11-27(12-14-28)19-9-7-18(23)8-10-19/h3-10,15H,11-14H2,1-2H3,(H,24,25,26). The van der Waals surface area contributed by atoms with Gasteiger partial charge in [0.2, 0.25) is 5.95 Å². The number of para-hydroxylation sites is 1. The zero-order valence-electron chi connectivity index (χ0n) is 16.2. The maximum Gasteiger partial charge on any atom is 0.227 e. The molecule has 5 nitrogen and oxygen atoms in total. The van der Waals surface area contributed by atoms with Gasteiger partial charge in [0, 0.05) is 49.3 Å². The van der Waals surface area contributed by atoms with Gasteiger partial charge >= 0.3 is 0 Å². The Hall–Kier alpha value is -3.15. The predicted octanol–water partition coefficient (Wildman–Crippen LogP) is 4.30. The summed E-state index contributed by atoms with van der Waals surface area (Å²) in [6.07, 6.45) is 0. The first-order valence-electron chi connectivity index (χ1n) is 9.52. The second kappa shape index (κ2) is 7.84. The van der Waals surface area contributed by atoms with Gasteiger partial charge in [0.25, 0.3) is 0 Å². The SMILES string of the molecule is Cc1cc(Nc2ccccc2C)nc(N2CCN(c3ccc(F)cc3)CC2)n1. The minimum atomic E-state index is -0.204. The molecule has 0 atom stereocenters. The Morgan fingerprint density at radius 1 is 0.857 bits per heavy atom. The first-order chi connectivity index (χ1) is 13.6. The fourth-order valence-electron chi connectivity index (χ4n) is 3.43. The van der Waals surface area contributed by atoms with E-state index < -0.39 is 0 Å². The molecule has 1 fully saturated rings. The van der Waals surface area contributed by atoms with Crippen LogP contribution in [0.3, 0.4) is 0 Å². The molecule has 3 aromatic rings. The van der Waals surface area contributed by atoms with E-state index >= 15 is 0 Å². The molecule has 4 rings (SSSR count). The van der Waals surface area contributed by atoms with Crippen molar-refractivity contribution in [3.05, 3.63) is 71.7 Å². The normalized spacial score (nSPS) is 14.2. The summed E-state index contributed by atoms with van der Waals surface area (Å²) in [4.78, 5) is 13.8. The third kappa shape index (κ3) is 4.06. The molecule has 0 radical (unpaired) electrons. The number of anilines is 4. The van der Waals surface area contributed by atoms with Crippen LogP contribution in [-0.4, -0.2) is 36.1 Å². The highest BCUT2D eigenvalue weighted by atomic mass is 19.1. The Bertz CT molecular complexity index is 949. The van der Waals surface area contributed by atoms with Gasteiger partial charge in [-0.15, -0.1) is 0 Å². The van der Waals surface area contributed by atoms with Crippen molar-refractivity contribution < 1.29 is 4.39 Å². The fraction of sp³-hybridized carbons (Fsp3) is 0.273. The van der Waals surface area contributed by atoms with Crippen molar-refractivity contribution in [3.63, 3.8) is 0 Å². The summed E-state index contributed by atoms with van der Waals surface area (Å²) in [5.41, 5.74) is 4.20. The van der Waals surface area contributed by atoms with Crippen LogP contribution < -0.4 is 15.1 Å². The first-order valence-corrected chi connectivity index (χ1v) is 9.52. The Balaban J connectivity index is 1.47. The first kappa shape index (κ1) is 18.2. The van der Waals surface area contributed by atoms with Crippen LogP contribution in [0.25, 0.3) is 0 Å². The third-order valence-electron chi connectivity index (χ3n) is 5.00. The van der Waals surface area contributed by atoms with Crippen molar-refractivity contribution in [2.75, 3.05) is 41.3 Å². The predicted molar refractivity (Wildman–Crippen MR) is 112 cm³/mol. The lowest BCUT2D eigenvalue weighted by Crippen LogP contribution is -2.47. The van der Waals surface area contributed by atoms with Crippen molar-refractivity contribution >= 4 is 23.1 Å². The van der Waals surface area contributed by atoms with Gasteiger partial charge in [-0.2, -0.15) is 4.98 Å². The summed E-state index contributed by atoms with van der Waals surface area (Å²) in [6.45, 7) is 7.41. The van der Waals surface area contributed by atoms with E-state index in [0.29, 0.717) is 0 Å². The fourth-order valence-corrected chi connectivity index (χ4v) is 3.43. The molecular weight excluding hydrogens is 353 g/mol. The molecule has 0 saturated carbocycles. The lowest BCUT2D eigenvalue weighted by Gasteiger charge is -2.36. The van der Waals surface area contributed by atoms with Gasteiger partial charge in [-0.25, -0.2) is 9.37 Å². The second-order valence-electron chi connectivity index (χ2n) is 7.09. The number of benzene rings is 2. The molecule has 2 heterocycles. The molecule has 0 spiro atoms.